The molecule has 1 aromatic carbocycles. The summed E-state index contributed by atoms with van der Waals surface area (Å²) in [6.07, 6.45) is 2.53. The second-order valence-electron chi connectivity index (χ2n) is 4.44. The summed E-state index contributed by atoms with van der Waals surface area (Å²) in [5.74, 6) is 0.807. The van der Waals surface area contributed by atoms with E-state index in [2.05, 4.69) is 12.2 Å². The van der Waals surface area contributed by atoms with E-state index in [4.69, 9.17) is 15.2 Å². The lowest BCUT2D eigenvalue weighted by molar-refractivity contribution is 0.0997. The van der Waals surface area contributed by atoms with Gasteiger partial charge in [-0.2, -0.15) is 0 Å². The van der Waals surface area contributed by atoms with Crippen LogP contribution < -0.4 is 15.8 Å². The highest BCUT2D eigenvalue weighted by Crippen LogP contribution is 2.27. The van der Waals surface area contributed by atoms with Gasteiger partial charge in [0.25, 0.3) is 0 Å². The van der Waals surface area contributed by atoms with Gasteiger partial charge in [0.2, 0.25) is 0 Å². The molecule has 1 aliphatic heterocycles. The Morgan fingerprint density at radius 2 is 2.35 bits per heavy atom. The van der Waals surface area contributed by atoms with E-state index in [1.54, 1.807) is 7.11 Å². The Bertz CT molecular complexity index is 376. The second kappa shape index (κ2) is 5.27. The van der Waals surface area contributed by atoms with Crippen LogP contribution >= 0.6 is 0 Å². The van der Waals surface area contributed by atoms with Crippen molar-refractivity contribution < 1.29 is 9.47 Å². The molecule has 4 heteroatoms. The van der Waals surface area contributed by atoms with Gasteiger partial charge in [0.05, 0.1) is 24.6 Å². The van der Waals surface area contributed by atoms with E-state index in [9.17, 15) is 0 Å². The Morgan fingerprint density at radius 3 is 3.00 bits per heavy atom. The van der Waals surface area contributed by atoms with Crippen LogP contribution in [-0.4, -0.2) is 25.9 Å². The minimum Gasteiger partial charge on any atom is -0.497 e. The normalized spacial score (nSPS) is 21.2. The molecule has 0 aliphatic carbocycles. The molecule has 94 valence electrons. The molecule has 3 N–H and O–H groups in total. The molecular formula is C13H20N2O2. The molecule has 0 saturated carbocycles. The first kappa shape index (κ1) is 12.0. The number of anilines is 2. The Balaban J connectivity index is 2.06. The molecule has 0 bridgehead atoms. The number of ether oxygens (including phenoxy) is 2. The SMILES string of the molecule is COc1ccc(N)c(NC(C)C2CCCO2)c1. The highest BCUT2D eigenvalue weighted by molar-refractivity contribution is 5.68. The van der Waals surface area contributed by atoms with E-state index in [-0.39, 0.29) is 12.1 Å². The fourth-order valence-electron chi connectivity index (χ4n) is 2.12. The molecule has 0 amide bonds. The van der Waals surface area contributed by atoms with Crippen molar-refractivity contribution in [2.24, 2.45) is 0 Å². The van der Waals surface area contributed by atoms with Crippen molar-refractivity contribution in [1.82, 2.24) is 0 Å². The van der Waals surface area contributed by atoms with Gasteiger partial charge in [-0.25, -0.2) is 0 Å². The zero-order valence-electron chi connectivity index (χ0n) is 10.4. The zero-order valence-corrected chi connectivity index (χ0v) is 10.4. The molecule has 1 saturated heterocycles. The maximum atomic E-state index is 5.93. The third-order valence-electron chi connectivity index (χ3n) is 3.17. The maximum Gasteiger partial charge on any atom is 0.121 e. The van der Waals surface area contributed by atoms with E-state index in [0.717, 1.165) is 36.6 Å². The summed E-state index contributed by atoms with van der Waals surface area (Å²) in [7, 11) is 1.65. The topological polar surface area (TPSA) is 56.5 Å². The fourth-order valence-corrected chi connectivity index (χ4v) is 2.12. The molecule has 17 heavy (non-hydrogen) atoms. The monoisotopic (exact) mass is 236 g/mol. The van der Waals surface area contributed by atoms with Gasteiger partial charge in [0.1, 0.15) is 5.75 Å². The van der Waals surface area contributed by atoms with E-state index in [0.29, 0.717) is 0 Å². The zero-order chi connectivity index (χ0) is 12.3. The van der Waals surface area contributed by atoms with E-state index in [1.165, 1.54) is 0 Å². The summed E-state index contributed by atoms with van der Waals surface area (Å²) >= 11 is 0. The van der Waals surface area contributed by atoms with Gasteiger partial charge in [0.15, 0.2) is 0 Å². The van der Waals surface area contributed by atoms with Crippen molar-refractivity contribution in [3.63, 3.8) is 0 Å². The van der Waals surface area contributed by atoms with Gasteiger partial charge in [-0.15, -0.1) is 0 Å². The van der Waals surface area contributed by atoms with Crippen LogP contribution in [0.25, 0.3) is 0 Å². The minimum atomic E-state index is 0.256. The molecule has 0 radical (unpaired) electrons. The lowest BCUT2D eigenvalue weighted by Gasteiger charge is -2.22. The van der Waals surface area contributed by atoms with Crippen molar-refractivity contribution >= 4 is 11.4 Å². The first-order valence-electron chi connectivity index (χ1n) is 6.02. The number of rotatable bonds is 4. The maximum absolute atomic E-state index is 5.93. The number of nitrogens with one attached hydrogen (secondary N) is 1. The van der Waals surface area contributed by atoms with Crippen molar-refractivity contribution in [3.05, 3.63) is 18.2 Å². The predicted molar refractivity (Wildman–Crippen MR) is 69.5 cm³/mol. The summed E-state index contributed by atoms with van der Waals surface area (Å²) in [5.41, 5.74) is 7.57. The lowest BCUT2D eigenvalue weighted by Crippen LogP contribution is -2.30. The van der Waals surface area contributed by atoms with E-state index >= 15 is 0 Å². The van der Waals surface area contributed by atoms with E-state index in [1.807, 2.05) is 18.2 Å². The summed E-state index contributed by atoms with van der Waals surface area (Å²) in [4.78, 5) is 0. The first-order valence-corrected chi connectivity index (χ1v) is 6.02. The predicted octanol–water partition coefficient (Wildman–Crippen LogP) is 2.26. The average molecular weight is 236 g/mol. The highest BCUT2D eigenvalue weighted by atomic mass is 16.5. The molecule has 1 aliphatic rings. The van der Waals surface area contributed by atoms with Crippen LogP contribution in [0.15, 0.2) is 18.2 Å². The summed E-state index contributed by atoms with van der Waals surface area (Å²) in [6, 6.07) is 5.88. The Labute approximate surface area is 102 Å². The molecule has 1 aromatic rings. The molecule has 1 heterocycles. The standard InChI is InChI=1S/C13H20N2O2/c1-9(13-4-3-7-17-13)15-12-8-10(16-2)5-6-11(12)14/h5-6,8-9,13,15H,3-4,7,14H2,1-2H3. The van der Waals surface area contributed by atoms with Crippen LogP contribution in [0.1, 0.15) is 19.8 Å². The number of benzene rings is 1. The largest absolute Gasteiger partial charge is 0.497 e. The smallest absolute Gasteiger partial charge is 0.121 e. The van der Waals surface area contributed by atoms with Crippen LogP contribution in [0.3, 0.4) is 0 Å². The number of nitrogens with two attached hydrogens (primary N) is 1. The van der Waals surface area contributed by atoms with Crippen LogP contribution in [0, 0.1) is 0 Å². The van der Waals surface area contributed by atoms with Gasteiger partial charge >= 0.3 is 0 Å². The van der Waals surface area contributed by atoms with Crippen LogP contribution in [0.4, 0.5) is 11.4 Å². The lowest BCUT2D eigenvalue weighted by atomic mass is 10.1. The van der Waals surface area contributed by atoms with Crippen LogP contribution in [0.5, 0.6) is 5.75 Å². The molecule has 0 aromatic heterocycles. The minimum absolute atomic E-state index is 0.256. The van der Waals surface area contributed by atoms with Crippen molar-refractivity contribution in [1.29, 1.82) is 0 Å². The third-order valence-corrected chi connectivity index (χ3v) is 3.17. The number of hydrogen-bond donors (Lipinski definition) is 2. The summed E-state index contributed by atoms with van der Waals surface area (Å²) in [5, 5.41) is 3.40. The van der Waals surface area contributed by atoms with Crippen LogP contribution in [-0.2, 0) is 4.74 Å². The Kier molecular flexibility index (Phi) is 3.74. The van der Waals surface area contributed by atoms with Gasteiger partial charge in [-0.3, -0.25) is 0 Å². The Morgan fingerprint density at radius 1 is 1.53 bits per heavy atom. The summed E-state index contributed by atoms with van der Waals surface area (Å²) in [6.45, 7) is 2.99. The van der Waals surface area contributed by atoms with Gasteiger partial charge in [0, 0.05) is 18.7 Å². The van der Waals surface area contributed by atoms with Gasteiger partial charge in [-0.1, -0.05) is 0 Å². The molecule has 0 spiro atoms. The molecule has 1 fully saturated rings. The molecular weight excluding hydrogens is 216 g/mol. The Hall–Kier alpha value is -1.42. The number of hydrogen-bond acceptors (Lipinski definition) is 4. The fraction of sp³-hybridized carbons (Fsp3) is 0.538. The summed E-state index contributed by atoms with van der Waals surface area (Å²) < 4.78 is 10.8. The quantitative estimate of drug-likeness (QED) is 0.787. The number of nitrogen functional groups attached to an aromatic ring is 1. The van der Waals surface area contributed by atoms with Crippen molar-refractivity contribution in [2.45, 2.75) is 31.9 Å². The number of methoxy groups -OCH3 is 1. The van der Waals surface area contributed by atoms with E-state index < -0.39 is 0 Å². The van der Waals surface area contributed by atoms with Crippen molar-refractivity contribution in [2.75, 3.05) is 24.8 Å². The molecule has 2 atom stereocenters. The third kappa shape index (κ3) is 2.82. The highest BCUT2D eigenvalue weighted by Gasteiger charge is 2.22. The molecule has 2 rings (SSSR count). The van der Waals surface area contributed by atoms with Gasteiger partial charge < -0.3 is 20.5 Å². The average Bonchev–Trinajstić information content (AvgIpc) is 2.85. The first-order chi connectivity index (χ1) is 8.20. The van der Waals surface area contributed by atoms with Crippen molar-refractivity contribution in [3.8, 4) is 5.75 Å². The van der Waals surface area contributed by atoms with Crippen LogP contribution in [0.2, 0.25) is 0 Å². The van der Waals surface area contributed by atoms with Gasteiger partial charge in [-0.05, 0) is 31.9 Å². The second-order valence-corrected chi connectivity index (χ2v) is 4.44. The molecule has 2 unspecified atom stereocenters. The molecule has 4 nitrogen and oxygen atoms in total.